The fourth-order valence-electron chi connectivity index (χ4n) is 0.635. The number of nitrogens with zero attached hydrogens (tertiary/aromatic N) is 1. The lowest BCUT2D eigenvalue weighted by Gasteiger charge is -1.91. The van der Waals surface area contributed by atoms with Crippen LogP contribution in [0.3, 0.4) is 0 Å². The molecule has 0 bridgehead atoms. The summed E-state index contributed by atoms with van der Waals surface area (Å²) < 4.78 is -0.438. The Morgan fingerprint density at radius 1 is 1.36 bits per heavy atom. The van der Waals surface area contributed by atoms with E-state index in [1.165, 1.54) is 5.75 Å². The number of hydrogen-bond donors (Lipinski definition) is 0. The van der Waals surface area contributed by atoms with E-state index in [0.717, 1.165) is 5.56 Å². The second-order valence-electron chi connectivity index (χ2n) is 1.86. The maximum atomic E-state index is 9.91. The molecule has 0 amide bonds. The molecule has 11 heavy (non-hydrogen) atoms. The summed E-state index contributed by atoms with van der Waals surface area (Å²) in [6, 6.07) is 9.18. The highest BCUT2D eigenvalue weighted by molar-refractivity contribution is 7.95. The van der Waals surface area contributed by atoms with Crippen LogP contribution in [0.2, 0.25) is 0 Å². The van der Waals surface area contributed by atoms with Crippen LogP contribution in [-0.2, 0) is 0 Å². The van der Waals surface area contributed by atoms with Crippen molar-refractivity contribution >= 4 is 11.9 Å². The third-order valence-electron chi connectivity index (χ3n) is 1.07. The molecule has 1 radical (unpaired) electrons. The Bertz CT molecular complexity index is 237. The van der Waals surface area contributed by atoms with Crippen LogP contribution < -0.4 is 0 Å². The zero-order valence-electron chi connectivity index (χ0n) is 5.64. The largest absolute Gasteiger partial charge is 0.251 e. The Kier molecular flexibility index (Phi) is 2.92. The third-order valence-corrected chi connectivity index (χ3v) is 1.62. The minimum absolute atomic E-state index is 0.438. The molecular weight excluding hydrogens is 162 g/mol. The second kappa shape index (κ2) is 3.98. The van der Waals surface area contributed by atoms with Crippen LogP contribution in [0.1, 0.15) is 5.56 Å². The normalized spacial score (nSPS) is 9.45. The van der Waals surface area contributed by atoms with Gasteiger partial charge < -0.3 is 0 Å². The fourth-order valence-corrected chi connectivity index (χ4v) is 1.00. The zero-order valence-corrected chi connectivity index (χ0v) is 6.45. The van der Waals surface area contributed by atoms with Crippen molar-refractivity contribution in [1.82, 2.24) is 0 Å². The van der Waals surface area contributed by atoms with Crippen molar-refractivity contribution in [2.75, 3.05) is 0 Å². The number of nitro groups is 1. The molecule has 0 saturated heterocycles. The maximum absolute atomic E-state index is 9.91. The van der Waals surface area contributed by atoms with E-state index in [1.807, 2.05) is 30.3 Å². The smallest absolute Gasteiger partial charge is 0.238 e. The molecule has 0 saturated carbocycles. The molecule has 1 rings (SSSR count). The Morgan fingerprint density at radius 3 is 2.55 bits per heavy atom. The zero-order chi connectivity index (χ0) is 8.10. The van der Waals surface area contributed by atoms with Gasteiger partial charge in [-0.2, -0.15) is 0 Å². The predicted octanol–water partition coefficient (Wildman–Crippen LogP) is 2.12. The van der Waals surface area contributed by atoms with Gasteiger partial charge in [-0.3, -0.25) is 10.1 Å². The van der Waals surface area contributed by atoms with Gasteiger partial charge in [0.2, 0.25) is 11.9 Å². The molecule has 0 unspecified atom stereocenters. The highest BCUT2D eigenvalue weighted by atomic mass is 32.2. The predicted molar refractivity (Wildman–Crippen MR) is 44.4 cm³/mol. The summed E-state index contributed by atoms with van der Waals surface area (Å²) in [6.45, 7) is 0. The number of hydrogen-bond acceptors (Lipinski definition) is 3. The third kappa shape index (κ3) is 3.04. The quantitative estimate of drug-likeness (QED) is 0.394. The van der Waals surface area contributed by atoms with E-state index in [9.17, 15) is 10.1 Å². The summed E-state index contributed by atoms with van der Waals surface area (Å²) in [5.41, 5.74) is 0.856. The molecule has 0 fully saturated rings. The van der Waals surface area contributed by atoms with Crippen molar-refractivity contribution < 1.29 is 4.33 Å². The van der Waals surface area contributed by atoms with Gasteiger partial charge in [-0.25, -0.2) is 0 Å². The van der Waals surface area contributed by atoms with E-state index in [4.69, 9.17) is 0 Å². The number of benzene rings is 1. The van der Waals surface area contributed by atoms with E-state index in [-0.39, 0.29) is 0 Å². The first kappa shape index (κ1) is 8.07. The van der Waals surface area contributed by atoms with Gasteiger partial charge in [0.15, 0.2) is 0 Å². The van der Waals surface area contributed by atoms with Crippen molar-refractivity contribution in [2.45, 2.75) is 0 Å². The van der Waals surface area contributed by atoms with Crippen molar-refractivity contribution in [3.63, 3.8) is 0 Å². The van der Waals surface area contributed by atoms with Gasteiger partial charge in [0.05, 0.1) is 0 Å². The van der Waals surface area contributed by atoms with Crippen molar-refractivity contribution in [2.24, 2.45) is 0 Å². The summed E-state index contributed by atoms with van der Waals surface area (Å²) >= 11 is 0.582. The molecule has 0 aliphatic heterocycles. The Hall–Kier alpha value is -1.03. The first-order valence-corrected chi connectivity index (χ1v) is 3.82. The molecule has 3 nitrogen and oxygen atoms in total. The second-order valence-corrected chi connectivity index (χ2v) is 2.60. The lowest BCUT2D eigenvalue weighted by Crippen LogP contribution is -1.83. The van der Waals surface area contributed by atoms with Gasteiger partial charge in [0, 0.05) is 0 Å². The van der Waals surface area contributed by atoms with E-state index in [0.29, 0.717) is 11.9 Å². The van der Waals surface area contributed by atoms with Crippen molar-refractivity contribution in [1.29, 1.82) is 0 Å². The minimum atomic E-state index is -0.438. The lowest BCUT2D eigenvalue weighted by molar-refractivity contribution is -0.283. The molecular formula is C7H6NO2S. The Morgan fingerprint density at radius 2 is 2.00 bits per heavy atom. The minimum Gasteiger partial charge on any atom is -0.251 e. The molecule has 57 valence electrons. The van der Waals surface area contributed by atoms with E-state index < -0.39 is 4.33 Å². The first-order chi connectivity index (χ1) is 5.29. The van der Waals surface area contributed by atoms with Gasteiger partial charge in [0.1, 0.15) is 10.1 Å². The lowest BCUT2D eigenvalue weighted by atomic mass is 10.2. The molecule has 0 N–H and O–H groups in total. The van der Waals surface area contributed by atoms with Gasteiger partial charge in [-0.05, 0) is 5.56 Å². The fraction of sp³-hybridized carbons (Fsp3) is 0. The highest BCUT2D eigenvalue weighted by Crippen LogP contribution is 2.13. The summed E-state index contributed by atoms with van der Waals surface area (Å²) in [6.07, 6.45) is 0. The molecule has 0 aromatic heterocycles. The highest BCUT2D eigenvalue weighted by Gasteiger charge is 2.01. The molecule has 0 heterocycles. The topological polar surface area (TPSA) is 43.1 Å². The SMILES string of the molecule is O=[N+]([O-])S[CH]c1ccccc1. The summed E-state index contributed by atoms with van der Waals surface area (Å²) in [4.78, 5) is 9.91. The molecule has 1 aromatic carbocycles. The number of rotatable bonds is 3. The van der Waals surface area contributed by atoms with Gasteiger partial charge in [-0.1, -0.05) is 30.3 Å². The molecule has 4 heteroatoms. The molecule has 0 atom stereocenters. The summed E-state index contributed by atoms with van der Waals surface area (Å²) in [5, 5.41) is 9.91. The van der Waals surface area contributed by atoms with Crippen LogP contribution >= 0.6 is 11.9 Å². The molecule has 0 aliphatic carbocycles. The average Bonchev–Trinajstić information content (AvgIpc) is 2.03. The van der Waals surface area contributed by atoms with E-state index in [1.54, 1.807) is 0 Å². The standard InChI is InChI=1S/C7H6NO2S/c9-8(10)11-6-7-4-2-1-3-5-7/h1-6H. The van der Waals surface area contributed by atoms with Crippen LogP contribution in [0.5, 0.6) is 0 Å². The van der Waals surface area contributed by atoms with Crippen LogP contribution in [0.15, 0.2) is 30.3 Å². The van der Waals surface area contributed by atoms with Crippen molar-refractivity contribution in [3.8, 4) is 0 Å². The van der Waals surface area contributed by atoms with Crippen molar-refractivity contribution in [3.05, 3.63) is 51.8 Å². The maximum Gasteiger partial charge on any atom is 0.238 e. The first-order valence-electron chi connectivity index (χ1n) is 2.98. The van der Waals surface area contributed by atoms with Gasteiger partial charge in [0.25, 0.3) is 0 Å². The molecule has 0 aliphatic rings. The summed E-state index contributed by atoms with van der Waals surface area (Å²) in [7, 11) is 0. The van der Waals surface area contributed by atoms with E-state index in [2.05, 4.69) is 0 Å². The Balaban J connectivity index is 2.45. The van der Waals surface area contributed by atoms with E-state index >= 15 is 0 Å². The monoisotopic (exact) mass is 168 g/mol. The van der Waals surface area contributed by atoms with Crippen LogP contribution in [0.25, 0.3) is 0 Å². The van der Waals surface area contributed by atoms with Crippen LogP contribution in [0, 0.1) is 15.9 Å². The van der Waals surface area contributed by atoms with Crippen LogP contribution in [0.4, 0.5) is 0 Å². The van der Waals surface area contributed by atoms with Gasteiger partial charge >= 0.3 is 0 Å². The van der Waals surface area contributed by atoms with Gasteiger partial charge in [-0.15, -0.1) is 0 Å². The summed E-state index contributed by atoms with van der Waals surface area (Å²) in [5.74, 6) is 1.50. The molecule has 1 aromatic rings. The molecule has 0 spiro atoms. The van der Waals surface area contributed by atoms with Crippen LogP contribution in [-0.4, -0.2) is 4.33 Å². The average molecular weight is 168 g/mol. The Labute approximate surface area is 68.7 Å².